The number of amides is 4. The molecular weight excluding hydrogens is 666 g/mol. The average Bonchev–Trinajstić information content (AvgIpc) is 3.08. The number of carboxylic acid groups (broad SMARTS) is 1. The summed E-state index contributed by atoms with van der Waals surface area (Å²) in [6.45, 7) is -1.73. The second-order valence-corrected chi connectivity index (χ2v) is 10.8. The van der Waals surface area contributed by atoms with E-state index < -0.39 is 91.2 Å². The number of fused-ring (bicyclic) bond motifs is 1. The highest BCUT2D eigenvalue weighted by molar-refractivity contribution is 5.99. The monoisotopic (exact) mass is 702 g/mol. The molecule has 0 fully saturated rings. The molecule has 0 aromatic heterocycles. The Morgan fingerprint density at radius 2 is 1.73 bits per heavy atom. The van der Waals surface area contributed by atoms with E-state index in [2.05, 4.69) is 16.0 Å². The SMILES string of the molecule is C[C@H]1Oc2ccc(F)cc2N(CCOC(=O)NCCNC(=O)CC[C@H](N)C(=O)O)C(=O)[C@H]1NC[C@](C)(O)C(=O)NCC(F)(F)C(F)(F)F. The van der Waals surface area contributed by atoms with Crippen molar-refractivity contribution in [1.82, 2.24) is 21.3 Å². The Labute approximate surface area is 269 Å². The van der Waals surface area contributed by atoms with Crippen LogP contribution in [-0.4, -0.2) is 115 Å². The number of nitrogens with two attached hydrogens (primary N) is 1. The zero-order valence-electron chi connectivity index (χ0n) is 25.7. The number of carboxylic acids is 1. The maximum absolute atomic E-state index is 14.2. The van der Waals surface area contributed by atoms with Crippen molar-refractivity contribution in [2.75, 3.05) is 44.2 Å². The molecule has 8 N–H and O–H groups in total. The molecule has 0 radical (unpaired) electrons. The van der Waals surface area contributed by atoms with Gasteiger partial charge >= 0.3 is 24.2 Å². The molecule has 1 aromatic carbocycles. The normalized spacial score (nSPS) is 18.4. The topological polar surface area (TPSA) is 222 Å². The van der Waals surface area contributed by atoms with Crippen molar-refractivity contribution in [3.05, 3.63) is 24.0 Å². The van der Waals surface area contributed by atoms with Gasteiger partial charge in [0.25, 0.3) is 5.91 Å². The molecule has 270 valence electrons. The summed E-state index contributed by atoms with van der Waals surface area (Å²) in [5, 5.41) is 27.9. The Kier molecular flexibility index (Phi) is 13.8. The summed E-state index contributed by atoms with van der Waals surface area (Å²) in [4.78, 5) is 61.4. The third kappa shape index (κ3) is 11.4. The van der Waals surface area contributed by atoms with Crippen molar-refractivity contribution in [3.63, 3.8) is 0 Å². The summed E-state index contributed by atoms with van der Waals surface area (Å²) in [6, 6.07) is 0.601. The number of hydrogen-bond acceptors (Lipinski definition) is 10. The number of aliphatic hydroxyl groups is 1. The number of carbonyl (C=O) groups is 5. The minimum absolute atomic E-state index is 0.0185. The molecule has 1 aromatic rings. The largest absolute Gasteiger partial charge is 0.486 e. The van der Waals surface area contributed by atoms with E-state index in [0.29, 0.717) is 0 Å². The zero-order chi connectivity index (χ0) is 36.4. The van der Waals surface area contributed by atoms with Crippen LogP contribution in [0.25, 0.3) is 0 Å². The molecule has 4 amide bonds. The minimum Gasteiger partial charge on any atom is -0.486 e. The molecule has 0 saturated heterocycles. The van der Waals surface area contributed by atoms with Crippen LogP contribution in [0.2, 0.25) is 0 Å². The molecule has 2 rings (SSSR count). The second kappa shape index (κ2) is 16.6. The van der Waals surface area contributed by atoms with E-state index in [1.165, 1.54) is 18.3 Å². The quantitative estimate of drug-likeness (QED) is 0.0898. The van der Waals surface area contributed by atoms with Crippen LogP contribution in [0.4, 0.5) is 36.8 Å². The third-order valence-electron chi connectivity index (χ3n) is 6.83. The van der Waals surface area contributed by atoms with Crippen LogP contribution in [0.5, 0.6) is 5.75 Å². The lowest BCUT2D eigenvalue weighted by atomic mass is 10.0. The third-order valence-corrected chi connectivity index (χ3v) is 6.83. The van der Waals surface area contributed by atoms with Crippen LogP contribution in [0.1, 0.15) is 26.7 Å². The second-order valence-electron chi connectivity index (χ2n) is 10.8. The highest BCUT2D eigenvalue weighted by Crippen LogP contribution is 2.35. The van der Waals surface area contributed by atoms with Crippen LogP contribution < -0.4 is 36.6 Å². The minimum atomic E-state index is -5.95. The molecule has 0 unspecified atom stereocenters. The van der Waals surface area contributed by atoms with Gasteiger partial charge in [-0.15, -0.1) is 0 Å². The highest BCUT2D eigenvalue weighted by atomic mass is 19.4. The van der Waals surface area contributed by atoms with E-state index in [-0.39, 0.29) is 43.9 Å². The number of nitrogens with one attached hydrogen (secondary N) is 4. The summed E-state index contributed by atoms with van der Waals surface area (Å²) in [5.74, 6) is -10.2. The van der Waals surface area contributed by atoms with Crippen LogP contribution in [0.15, 0.2) is 18.2 Å². The van der Waals surface area contributed by atoms with E-state index in [1.54, 1.807) is 0 Å². The molecule has 4 atom stereocenters. The molecule has 21 heteroatoms. The van der Waals surface area contributed by atoms with E-state index in [9.17, 15) is 55.4 Å². The van der Waals surface area contributed by atoms with Crippen LogP contribution >= 0.6 is 0 Å². The molecule has 0 aliphatic carbocycles. The van der Waals surface area contributed by atoms with E-state index in [1.807, 2.05) is 0 Å². The summed E-state index contributed by atoms with van der Waals surface area (Å²) in [6.07, 6.45) is -8.24. The lowest BCUT2D eigenvalue weighted by Gasteiger charge is -2.30. The smallest absolute Gasteiger partial charge is 0.455 e. The Balaban J connectivity index is 2.00. The van der Waals surface area contributed by atoms with Gasteiger partial charge in [0.2, 0.25) is 11.8 Å². The molecule has 1 heterocycles. The Morgan fingerprint density at radius 1 is 1.08 bits per heavy atom. The van der Waals surface area contributed by atoms with Gasteiger partial charge in [0.05, 0.1) is 18.8 Å². The predicted octanol–water partition coefficient (Wildman–Crippen LogP) is -0.00290. The molecule has 1 aliphatic heterocycles. The molecule has 0 spiro atoms. The summed E-state index contributed by atoms with van der Waals surface area (Å²) >= 11 is 0. The van der Waals surface area contributed by atoms with E-state index in [4.69, 9.17) is 20.3 Å². The van der Waals surface area contributed by atoms with Crippen LogP contribution in [-0.2, 0) is 23.9 Å². The van der Waals surface area contributed by atoms with Gasteiger partial charge in [0.15, 0.2) is 5.60 Å². The fourth-order valence-corrected chi connectivity index (χ4v) is 4.06. The number of halogens is 6. The molecule has 48 heavy (non-hydrogen) atoms. The maximum atomic E-state index is 14.2. The molecular formula is C27H36F6N6O9. The van der Waals surface area contributed by atoms with Gasteiger partial charge in [0.1, 0.15) is 36.4 Å². The number of ether oxygens (including phenoxy) is 2. The first-order valence-corrected chi connectivity index (χ1v) is 14.3. The number of hydrogen-bond donors (Lipinski definition) is 7. The first-order chi connectivity index (χ1) is 22.2. The first-order valence-electron chi connectivity index (χ1n) is 14.3. The standard InChI is InChI=1S/C27H36F6N6O9/c1-14-20(37-12-25(2,46)23(44)38-13-26(29,30)27(31,32)33)21(41)39(17-11-15(28)3-5-18(17)48-14)9-10-47-24(45)36-8-7-35-19(40)6-4-16(34)22(42)43/h3,5,11,14,16,20,37,46H,4,6-10,12-13,34H2,1-2H3,(H,35,40)(H,36,45)(H,38,44)(H,42,43)/t14-,16+,20+,25+/m1/s1. The van der Waals surface area contributed by atoms with E-state index >= 15 is 0 Å². The van der Waals surface area contributed by atoms with Crippen LogP contribution in [0.3, 0.4) is 0 Å². The van der Waals surface area contributed by atoms with Gasteiger partial charge in [0, 0.05) is 32.1 Å². The van der Waals surface area contributed by atoms with Crippen molar-refractivity contribution in [1.29, 1.82) is 0 Å². The van der Waals surface area contributed by atoms with Crippen molar-refractivity contribution in [2.24, 2.45) is 5.73 Å². The fraction of sp³-hybridized carbons (Fsp3) is 0.593. The summed E-state index contributed by atoms with van der Waals surface area (Å²) < 4.78 is 88.8. The first kappa shape index (κ1) is 39.8. The van der Waals surface area contributed by atoms with Crippen molar-refractivity contribution in [3.8, 4) is 5.75 Å². The number of alkyl halides is 5. The maximum Gasteiger partial charge on any atom is 0.455 e. The number of nitrogens with zero attached hydrogens (tertiary/aromatic N) is 1. The number of anilines is 1. The molecule has 15 nitrogen and oxygen atoms in total. The number of alkyl carbamates (subject to hydrolysis) is 1. The lowest BCUT2D eigenvalue weighted by molar-refractivity contribution is -0.279. The molecule has 0 bridgehead atoms. The Bertz CT molecular complexity index is 1330. The summed E-state index contributed by atoms with van der Waals surface area (Å²) in [5.41, 5.74) is 2.65. The van der Waals surface area contributed by atoms with Gasteiger partial charge in [-0.1, -0.05) is 0 Å². The zero-order valence-corrected chi connectivity index (χ0v) is 25.7. The van der Waals surface area contributed by atoms with Crippen molar-refractivity contribution in [2.45, 2.75) is 62.6 Å². The highest BCUT2D eigenvalue weighted by Gasteiger charge is 2.57. The van der Waals surface area contributed by atoms with Gasteiger partial charge < -0.3 is 46.3 Å². The number of benzene rings is 1. The van der Waals surface area contributed by atoms with E-state index in [0.717, 1.165) is 24.0 Å². The van der Waals surface area contributed by atoms with Gasteiger partial charge in [-0.25, -0.2) is 9.18 Å². The van der Waals surface area contributed by atoms with Gasteiger partial charge in [-0.3, -0.25) is 24.5 Å². The molecule has 0 saturated carbocycles. The van der Waals surface area contributed by atoms with Crippen molar-refractivity contribution < 1.29 is 70.0 Å². The average molecular weight is 703 g/mol. The fourth-order valence-electron chi connectivity index (χ4n) is 4.06. The summed E-state index contributed by atoms with van der Waals surface area (Å²) in [7, 11) is 0. The van der Waals surface area contributed by atoms with Crippen molar-refractivity contribution >= 4 is 35.5 Å². The number of carbonyl (C=O) groups excluding carboxylic acids is 4. The Morgan fingerprint density at radius 3 is 2.35 bits per heavy atom. The van der Waals surface area contributed by atoms with Gasteiger partial charge in [-0.05, 0) is 32.4 Å². The number of rotatable bonds is 16. The Hall–Kier alpha value is -4.37. The predicted molar refractivity (Wildman–Crippen MR) is 152 cm³/mol. The van der Waals surface area contributed by atoms with Crippen LogP contribution in [0, 0.1) is 5.82 Å². The van der Waals surface area contributed by atoms with Gasteiger partial charge in [-0.2, -0.15) is 22.0 Å². The molecule has 1 aliphatic rings. The lowest BCUT2D eigenvalue weighted by Crippen LogP contribution is -2.60. The number of aliphatic carboxylic acids is 1.